The molecule has 2 aromatic rings. The molecule has 4 heteroatoms. The lowest BCUT2D eigenvalue weighted by molar-refractivity contribution is 0.0697. The van der Waals surface area contributed by atoms with Gasteiger partial charge >= 0.3 is 5.97 Å². The first-order valence-electron chi connectivity index (χ1n) is 5.59. The van der Waals surface area contributed by atoms with E-state index in [0.717, 1.165) is 0 Å². The fourth-order valence-electron chi connectivity index (χ4n) is 1.95. The molecule has 94 valence electrons. The number of hydrogen-bond acceptors (Lipinski definition) is 3. The predicted molar refractivity (Wildman–Crippen MR) is 70.1 cm³/mol. The molecule has 0 amide bonds. The summed E-state index contributed by atoms with van der Waals surface area (Å²) in [4.78, 5) is 11.3. The number of carboxylic acids is 1. The van der Waals surface area contributed by atoms with Gasteiger partial charge < -0.3 is 9.84 Å². The molecule has 0 aliphatic rings. The first-order chi connectivity index (χ1) is 9.19. The number of nitriles is 1. The molecule has 0 atom stereocenters. The number of methoxy groups -OCH3 is 1. The molecule has 2 aromatic carbocycles. The lowest BCUT2D eigenvalue weighted by atomic mass is 9.94. The third kappa shape index (κ3) is 2.26. The quantitative estimate of drug-likeness (QED) is 0.912. The number of aromatic carboxylic acids is 1. The van der Waals surface area contributed by atoms with Crippen LogP contribution in [0, 0.1) is 11.3 Å². The molecule has 1 N–H and O–H groups in total. The largest absolute Gasteiger partial charge is 0.495 e. The number of ether oxygens (including phenoxy) is 1. The van der Waals surface area contributed by atoms with E-state index in [1.165, 1.54) is 19.2 Å². The van der Waals surface area contributed by atoms with Crippen LogP contribution in [0.25, 0.3) is 11.1 Å². The van der Waals surface area contributed by atoms with Crippen LogP contribution in [0.2, 0.25) is 0 Å². The minimum Gasteiger partial charge on any atom is -0.495 e. The number of rotatable bonds is 3. The first kappa shape index (κ1) is 12.7. The molecule has 4 nitrogen and oxygen atoms in total. The highest BCUT2D eigenvalue weighted by Crippen LogP contribution is 2.33. The van der Waals surface area contributed by atoms with E-state index >= 15 is 0 Å². The van der Waals surface area contributed by atoms with Crippen molar-refractivity contribution in [2.75, 3.05) is 7.11 Å². The number of nitrogens with zero attached hydrogens (tertiary/aromatic N) is 1. The molecule has 0 fully saturated rings. The van der Waals surface area contributed by atoms with Gasteiger partial charge in [-0.25, -0.2) is 4.79 Å². The monoisotopic (exact) mass is 253 g/mol. The van der Waals surface area contributed by atoms with E-state index in [4.69, 9.17) is 4.74 Å². The zero-order valence-electron chi connectivity index (χ0n) is 10.3. The van der Waals surface area contributed by atoms with E-state index in [2.05, 4.69) is 0 Å². The maximum atomic E-state index is 11.3. The summed E-state index contributed by atoms with van der Waals surface area (Å²) >= 11 is 0. The van der Waals surface area contributed by atoms with Gasteiger partial charge in [0.1, 0.15) is 17.4 Å². The molecule has 19 heavy (non-hydrogen) atoms. The van der Waals surface area contributed by atoms with Crippen molar-refractivity contribution < 1.29 is 14.6 Å². The molecule has 0 aliphatic heterocycles. The Kier molecular flexibility index (Phi) is 3.48. The van der Waals surface area contributed by atoms with Crippen molar-refractivity contribution >= 4 is 5.97 Å². The third-order valence-corrected chi connectivity index (χ3v) is 2.79. The summed E-state index contributed by atoms with van der Waals surface area (Å²) in [6.07, 6.45) is 0. The van der Waals surface area contributed by atoms with Crippen molar-refractivity contribution in [1.29, 1.82) is 5.26 Å². The Hall–Kier alpha value is -2.80. The van der Waals surface area contributed by atoms with E-state index in [1.54, 1.807) is 24.3 Å². The van der Waals surface area contributed by atoms with Crippen LogP contribution in [0.3, 0.4) is 0 Å². The van der Waals surface area contributed by atoms with Crippen molar-refractivity contribution in [3.8, 4) is 22.9 Å². The molecular formula is C15H11NO3. The van der Waals surface area contributed by atoms with Gasteiger partial charge in [0, 0.05) is 5.56 Å². The molecule has 0 aromatic heterocycles. The summed E-state index contributed by atoms with van der Waals surface area (Å²) in [5.74, 6) is -0.704. The third-order valence-electron chi connectivity index (χ3n) is 2.79. The van der Waals surface area contributed by atoms with E-state index in [0.29, 0.717) is 16.9 Å². The summed E-state index contributed by atoms with van der Waals surface area (Å²) in [6, 6.07) is 13.9. The van der Waals surface area contributed by atoms with Gasteiger partial charge in [0.05, 0.1) is 12.7 Å². The van der Waals surface area contributed by atoms with Crippen LogP contribution < -0.4 is 4.74 Å². The van der Waals surface area contributed by atoms with Crippen molar-refractivity contribution in [2.24, 2.45) is 0 Å². The summed E-state index contributed by atoms with van der Waals surface area (Å²) in [5, 5.41) is 18.5. The van der Waals surface area contributed by atoms with Crippen LogP contribution in [-0.4, -0.2) is 18.2 Å². The molecule has 0 aliphatic carbocycles. The maximum Gasteiger partial charge on any atom is 0.336 e. The van der Waals surface area contributed by atoms with Crippen LogP contribution in [-0.2, 0) is 0 Å². The minimum absolute atomic E-state index is 0.0866. The SMILES string of the molecule is COc1ccc(C(=O)O)c(-c2ccccc2)c1C#N. The fraction of sp³-hybridized carbons (Fsp3) is 0.0667. The predicted octanol–water partition coefficient (Wildman–Crippen LogP) is 2.93. The van der Waals surface area contributed by atoms with Crippen LogP contribution in [0.1, 0.15) is 15.9 Å². The average molecular weight is 253 g/mol. The van der Waals surface area contributed by atoms with Gasteiger partial charge in [-0.15, -0.1) is 0 Å². The zero-order valence-corrected chi connectivity index (χ0v) is 10.3. The highest BCUT2D eigenvalue weighted by atomic mass is 16.5. The van der Waals surface area contributed by atoms with E-state index in [1.807, 2.05) is 12.1 Å². The molecule has 0 heterocycles. The number of carbonyl (C=O) groups is 1. The topological polar surface area (TPSA) is 70.3 Å². The number of hydrogen-bond donors (Lipinski definition) is 1. The van der Waals surface area contributed by atoms with Gasteiger partial charge in [0.25, 0.3) is 0 Å². The Morgan fingerprint density at radius 1 is 1.21 bits per heavy atom. The van der Waals surface area contributed by atoms with E-state index in [9.17, 15) is 15.2 Å². The van der Waals surface area contributed by atoms with Gasteiger partial charge in [-0.05, 0) is 17.7 Å². The molecule has 0 saturated carbocycles. The first-order valence-corrected chi connectivity index (χ1v) is 5.59. The zero-order chi connectivity index (χ0) is 13.8. The van der Waals surface area contributed by atoms with E-state index < -0.39 is 5.97 Å². The van der Waals surface area contributed by atoms with Gasteiger partial charge in [0.2, 0.25) is 0 Å². The summed E-state index contributed by atoms with van der Waals surface area (Å²) < 4.78 is 5.12. The smallest absolute Gasteiger partial charge is 0.336 e. The Balaban J connectivity index is 2.82. The van der Waals surface area contributed by atoms with E-state index in [-0.39, 0.29) is 11.1 Å². The van der Waals surface area contributed by atoms with Gasteiger partial charge in [-0.2, -0.15) is 5.26 Å². The van der Waals surface area contributed by atoms with Crippen LogP contribution in [0.4, 0.5) is 0 Å². The van der Waals surface area contributed by atoms with Crippen molar-refractivity contribution in [1.82, 2.24) is 0 Å². The van der Waals surface area contributed by atoms with Crippen LogP contribution in [0.5, 0.6) is 5.75 Å². The minimum atomic E-state index is -1.07. The summed E-state index contributed by atoms with van der Waals surface area (Å²) in [6.45, 7) is 0. The second kappa shape index (κ2) is 5.23. The highest BCUT2D eigenvalue weighted by molar-refractivity contribution is 5.98. The molecule has 0 spiro atoms. The average Bonchev–Trinajstić information content (AvgIpc) is 2.46. The fourth-order valence-corrected chi connectivity index (χ4v) is 1.95. The molecular weight excluding hydrogens is 242 g/mol. The number of benzene rings is 2. The summed E-state index contributed by atoms with van der Waals surface area (Å²) in [7, 11) is 1.45. The van der Waals surface area contributed by atoms with Gasteiger partial charge in [0.15, 0.2) is 0 Å². The van der Waals surface area contributed by atoms with Crippen LogP contribution in [0.15, 0.2) is 42.5 Å². The van der Waals surface area contributed by atoms with Gasteiger partial charge in [-0.3, -0.25) is 0 Å². The van der Waals surface area contributed by atoms with Crippen LogP contribution >= 0.6 is 0 Å². The summed E-state index contributed by atoms with van der Waals surface area (Å²) in [5.41, 5.74) is 1.38. The second-order valence-electron chi connectivity index (χ2n) is 3.85. The highest BCUT2D eigenvalue weighted by Gasteiger charge is 2.19. The lowest BCUT2D eigenvalue weighted by Gasteiger charge is -2.12. The number of carboxylic acid groups (broad SMARTS) is 1. The Morgan fingerprint density at radius 3 is 2.42 bits per heavy atom. The van der Waals surface area contributed by atoms with Crippen molar-refractivity contribution in [3.05, 3.63) is 53.6 Å². The van der Waals surface area contributed by atoms with Gasteiger partial charge in [-0.1, -0.05) is 30.3 Å². The molecule has 0 bridgehead atoms. The van der Waals surface area contributed by atoms with Crippen molar-refractivity contribution in [2.45, 2.75) is 0 Å². The second-order valence-corrected chi connectivity index (χ2v) is 3.85. The standard InChI is InChI=1S/C15H11NO3/c1-19-13-8-7-11(15(17)18)14(12(13)9-16)10-5-3-2-4-6-10/h2-8H,1H3,(H,17,18). The normalized spacial score (nSPS) is 9.68. The molecule has 0 radical (unpaired) electrons. The lowest BCUT2D eigenvalue weighted by Crippen LogP contribution is -2.03. The Morgan fingerprint density at radius 2 is 1.89 bits per heavy atom. The molecule has 0 saturated heterocycles. The van der Waals surface area contributed by atoms with Crippen molar-refractivity contribution in [3.63, 3.8) is 0 Å². The molecule has 2 rings (SSSR count). The molecule has 0 unspecified atom stereocenters. The maximum absolute atomic E-state index is 11.3. The Bertz CT molecular complexity index is 657. The Labute approximate surface area is 110 Å².